The molecule has 9 atom stereocenters. The summed E-state index contributed by atoms with van der Waals surface area (Å²) in [5.74, 6) is -11.0. The number of nitrogens with two attached hydrogens (primary N) is 2. The van der Waals surface area contributed by atoms with Crippen LogP contribution in [-0.4, -0.2) is 146 Å². The number of hydrogen-bond donors (Lipinski definition) is 12. The third-order valence-corrected chi connectivity index (χ3v) is 11.9. The van der Waals surface area contributed by atoms with Crippen LogP contribution in [0.2, 0.25) is 0 Å². The van der Waals surface area contributed by atoms with Gasteiger partial charge in [0.25, 0.3) is 0 Å². The number of carbonyl (C=O) groups is 11. The lowest BCUT2D eigenvalue weighted by Gasteiger charge is -2.31. The fourth-order valence-corrected chi connectivity index (χ4v) is 7.81. The molecule has 1 aliphatic rings. The monoisotopic (exact) mass is 1020 g/mol. The van der Waals surface area contributed by atoms with Gasteiger partial charge in [0, 0.05) is 25.8 Å². The number of rotatable bonds is 28. The van der Waals surface area contributed by atoms with Crippen LogP contribution in [0.1, 0.15) is 91.2 Å². The van der Waals surface area contributed by atoms with Crippen molar-refractivity contribution in [2.45, 2.75) is 147 Å². The number of hydrogen-bond acceptors (Lipinski definition) is 13. The highest BCUT2D eigenvalue weighted by molar-refractivity contribution is 5.99. The summed E-state index contributed by atoms with van der Waals surface area (Å²) in [6, 6.07) is 2.33. The molecule has 0 radical (unpaired) electrons. The van der Waals surface area contributed by atoms with Crippen LogP contribution in [0.25, 0.3) is 0 Å². The Morgan fingerprint density at radius 1 is 0.630 bits per heavy atom. The van der Waals surface area contributed by atoms with Gasteiger partial charge >= 0.3 is 11.9 Å². The minimum Gasteiger partial charge on any atom is -0.508 e. The molecule has 400 valence electrons. The number of aliphatic carboxylic acids is 2. The Bertz CT molecular complexity index is 2300. The molecule has 0 unspecified atom stereocenters. The molecule has 1 saturated heterocycles. The van der Waals surface area contributed by atoms with Crippen LogP contribution in [0.4, 0.5) is 0 Å². The van der Waals surface area contributed by atoms with E-state index >= 15 is 0 Å². The minimum atomic E-state index is -1.75. The molecular weight excluding hydrogens is 953 g/mol. The lowest BCUT2D eigenvalue weighted by molar-refractivity contribution is -0.146. The van der Waals surface area contributed by atoms with Crippen molar-refractivity contribution in [1.82, 2.24) is 42.1 Å². The molecule has 0 spiro atoms. The average Bonchev–Trinajstić information content (AvgIpc) is 3.82. The maximum absolute atomic E-state index is 14.1. The van der Waals surface area contributed by atoms with E-state index in [2.05, 4.69) is 37.2 Å². The molecule has 1 heterocycles. The van der Waals surface area contributed by atoms with Crippen molar-refractivity contribution in [3.63, 3.8) is 0 Å². The Kier molecular flexibility index (Phi) is 23.2. The zero-order valence-electron chi connectivity index (χ0n) is 41.8. The topological polar surface area (TPSA) is 388 Å². The lowest BCUT2D eigenvalue weighted by atomic mass is 10.0. The number of nitrogens with zero attached hydrogens (tertiary/aromatic N) is 1. The van der Waals surface area contributed by atoms with E-state index in [9.17, 15) is 68.1 Å². The van der Waals surface area contributed by atoms with Gasteiger partial charge in [-0.05, 0) is 74.6 Å². The molecule has 24 heteroatoms. The maximum atomic E-state index is 14.1. The van der Waals surface area contributed by atoms with Crippen molar-refractivity contribution < 1.29 is 68.1 Å². The normalized spacial score (nSPS) is 16.5. The second-order valence-corrected chi connectivity index (χ2v) is 18.9. The summed E-state index contributed by atoms with van der Waals surface area (Å²) in [6.45, 7) is 9.47. The summed E-state index contributed by atoms with van der Waals surface area (Å²) in [4.78, 5) is 145. The zero-order valence-corrected chi connectivity index (χ0v) is 41.8. The molecule has 14 N–H and O–H groups in total. The number of aromatic hydroxyl groups is 1. The number of likely N-dealkylation sites (tertiary alicyclic amines) is 1. The van der Waals surface area contributed by atoms with Gasteiger partial charge in [0.1, 0.15) is 54.1 Å². The van der Waals surface area contributed by atoms with Gasteiger partial charge in [-0.3, -0.25) is 47.9 Å². The smallest absolute Gasteiger partial charge is 0.326 e. The van der Waals surface area contributed by atoms with Crippen LogP contribution in [-0.2, 0) is 65.6 Å². The Morgan fingerprint density at radius 3 is 1.71 bits per heavy atom. The van der Waals surface area contributed by atoms with Gasteiger partial charge in [-0.2, -0.15) is 0 Å². The summed E-state index contributed by atoms with van der Waals surface area (Å²) in [7, 11) is 0. The molecule has 0 aromatic heterocycles. The third-order valence-electron chi connectivity index (χ3n) is 11.9. The summed E-state index contributed by atoms with van der Waals surface area (Å²) in [6.07, 6.45) is -1.02. The molecule has 9 amide bonds. The lowest BCUT2D eigenvalue weighted by Crippen LogP contribution is -2.60. The van der Waals surface area contributed by atoms with Gasteiger partial charge < -0.3 is 68.9 Å². The van der Waals surface area contributed by atoms with Gasteiger partial charge in [0.05, 0.1) is 12.5 Å². The standard InChI is InChI=1S/C49H70N10O14/c1-25(2)21-33(44(67)57-36(49(72)73)23-29-11-8-7-9-12-29)54-42(65)28(6)52-41(64)27(5)53-47(70)40(26(3)4)58-46(69)37-13-10-20-59(37)48(71)35(24-39(62)63)56-45(68)34(22-30-14-16-31(60)17-15-30)55-43(66)32(50)18-19-38(51)61/h7-9,11-12,14-17,25-28,32-37,40,60H,10,13,18-24,50H2,1-6H3,(H2,51,61)(H,52,64)(H,53,70)(H,54,65)(H,55,66)(H,56,68)(H,57,67)(H,58,69)(H,62,63)(H,72,73)/t27-,28-,32-,33-,34-,35-,36-,37-,40-/m0/s1. The number of carboxylic acids is 2. The van der Waals surface area contributed by atoms with Crippen LogP contribution < -0.4 is 48.7 Å². The van der Waals surface area contributed by atoms with Crippen LogP contribution >= 0.6 is 0 Å². The van der Waals surface area contributed by atoms with E-state index in [1.165, 1.54) is 38.1 Å². The zero-order chi connectivity index (χ0) is 54.7. The number of primary amides is 1. The fourth-order valence-electron chi connectivity index (χ4n) is 7.81. The van der Waals surface area contributed by atoms with Crippen molar-refractivity contribution in [1.29, 1.82) is 0 Å². The van der Waals surface area contributed by atoms with E-state index in [0.29, 0.717) is 11.1 Å². The molecule has 1 aliphatic heterocycles. The van der Waals surface area contributed by atoms with Crippen molar-refractivity contribution >= 4 is 65.1 Å². The van der Waals surface area contributed by atoms with E-state index in [-0.39, 0.29) is 63.2 Å². The Morgan fingerprint density at radius 2 is 1.15 bits per heavy atom. The van der Waals surface area contributed by atoms with Crippen LogP contribution in [0, 0.1) is 11.8 Å². The minimum absolute atomic E-state index is 0.00669. The molecular formula is C49H70N10O14. The van der Waals surface area contributed by atoms with Gasteiger partial charge in [-0.15, -0.1) is 0 Å². The predicted octanol–water partition coefficient (Wildman–Crippen LogP) is -1.54. The Balaban J connectivity index is 1.69. The van der Waals surface area contributed by atoms with Gasteiger partial charge in [-0.1, -0.05) is 70.2 Å². The van der Waals surface area contributed by atoms with Crippen molar-refractivity contribution in [2.75, 3.05) is 6.54 Å². The summed E-state index contributed by atoms with van der Waals surface area (Å²) >= 11 is 0. The number of benzene rings is 2. The Hall–Kier alpha value is -7.63. The molecule has 1 fully saturated rings. The molecule has 0 aliphatic carbocycles. The second kappa shape index (κ2) is 28.4. The van der Waals surface area contributed by atoms with E-state index in [1.54, 1.807) is 58.0 Å². The molecule has 73 heavy (non-hydrogen) atoms. The second-order valence-electron chi connectivity index (χ2n) is 18.9. The number of phenolic OH excluding ortho intramolecular Hbond substituents is 1. The van der Waals surface area contributed by atoms with Crippen molar-refractivity contribution in [3.8, 4) is 5.75 Å². The van der Waals surface area contributed by atoms with Gasteiger partial charge in [0.2, 0.25) is 53.2 Å². The number of amides is 9. The Labute approximate surface area is 422 Å². The molecule has 24 nitrogen and oxygen atoms in total. The fraction of sp³-hybridized carbons (Fsp3) is 0.531. The summed E-state index contributed by atoms with van der Waals surface area (Å²) in [5, 5.41) is 46.9. The number of carbonyl (C=O) groups excluding carboxylic acids is 9. The molecule has 2 aromatic rings. The first-order chi connectivity index (χ1) is 34.3. The number of phenols is 1. The first-order valence-corrected chi connectivity index (χ1v) is 24.0. The van der Waals surface area contributed by atoms with Gasteiger partial charge in [0.15, 0.2) is 0 Å². The van der Waals surface area contributed by atoms with Crippen molar-refractivity contribution in [2.24, 2.45) is 23.3 Å². The van der Waals surface area contributed by atoms with E-state index in [4.69, 9.17) is 11.5 Å². The number of carboxylic acid groups (broad SMARTS) is 2. The molecule has 3 rings (SSSR count). The first-order valence-electron chi connectivity index (χ1n) is 24.0. The average molecular weight is 1020 g/mol. The quantitative estimate of drug-likeness (QED) is 0.0460. The predicted molar refractivity (Wildman–Crippen MR) is 262 cm³/mol. The SMILES string of the molecule is CC(C)C[C@H](NC(=O)[C@H](C)NC(=O)[C@H](C)NC(=O)[C@@H](NC(=O)[C@@H]1CCCN1C(=O)[C@H](CC(=O)O)NC(=O)[C@H](Cc1ccc(O)cc1)NC(=O)[C@@H](N)CCC(N)=O)C(C)C)C(=O)N[C@@H](Cc1ccccc1)C(=O)O. The highest BCUT2D eigenvalue weighted by Crippen LogP contribution is 2.21. The number of nitrogens with one attached hydrogen (secondary N) is 7. The van der Waals surface area contributed by atoms with Crippen molar-refractivity contribution in [3.05, 3.63) is 65.7 Å². The van der Waals surface area contributed by atoms with Crippen LogP contribution in [0.15, 0.2) is 54.6 Å². The molecule has 2 aromatic carbocycles. The summed E-state index contributed by atoms with van der Waals surface area (Å²) < 4.78 is 0. The third kappa shape index (κ3) is 19.5. The largest absolute Gasteiger partial charge is 0.508 e. The highest BCUT2D eigenvalue weighted by atomic mass is 16.4. The van der Waals surface area contributed by atoms with Crippen LogP contribution in [0.3, 0.4) is 0 Å². The van der Waals surface area contributed by atoms with E-state index < -0.39 is 132 Å². The van der Waals surface area contributed by atoms with Gasteiger partial charge in [-0.25, -0.2) is 4.79 Å². The van der Waals surface area contributed by atoms with E-state index in [1.807, 2.05) is 0 Å². The molecule has 0 bridgehead atoms. The maximum Gasteiger partial charge on any atom is 0.326 e. The van der Waals surface area contributed by atoms with E-state index in [0.717, 1.165) is 4.90 Å². The van der Waals surface area contributed by atoms with Crippen LogP contribution in [0.5, 0.6) is 5.75 Å². The summed E-state index contributed by atoms with van der Waals surface area (Å²) in [5.41, 5.74) is 12.2. The first kappa shape index (κ1) is 59.7. The highest BCUT2D eigenvalue weighted by Gasteiger charge is 2.41. The molecule has 0 saturated carbocycles.